The van der Waals surface area contributed by atoms with Crippen molar-refractivity contribution in [2.75, 3.05) is 40.3 Å². The topological polar surface area (TPSA) is 36.8 Å². The quantitative estimate of drug-likeness (QED) is 0.810. The number of para-hydroxylation sites is 2. The maximum absolute atomic E-state index is 6.67. The van der Waals surface area contributed by atoms with Gasteiger partial charge in [0, 0.05) is 27.2 Å². The monoisotopic (exact) mass is 320 g/mol. The van der Waals surface area contributed by atoms with E-state index in [1.807, 2.05) is 29.3 Å². The second-order valence-electron chi connectivity index (χ2n) is 6.08. The van der Waals surface area contributed by atoms with Crippen LogP contribution in [0.25, 0.3) is 11.0 Å². The number of aromatic nitrogens is 2. The fraction of sp³-hybridized carbons (Fsp3) is 0.533. The van der Waals surface area contributed by atoms with Gasteiger partial charge in [0.05, 0.1) is 18.6 Å². The van der Waals surface area contributed by atoms with E-state index in [4.69, 9.17) is 4.62 Å². The van der Waals surface area contributed by atoms with Gasteiger partial charge in [-0.05, 0) is 25.0 Å². The van der Waals surface area contributed by atoms with E-state index in [-0.39, 0.29) is 0 Å². The first-order chi connectivity index (χ1) is 10.7. The molecule has 6 nitrogen and oxygen atoms in total. The molecule has 2 saturated heterocycles. The average Bonchev–Trinajstić information content (AvgIpc) is 3.24. The Kier molecular flexibility index (Phi) is 3.57. The average molecular weight is 320 g/mol. The normalized spacial score (nSPS) is 23.5. The molecule has 0 amide bonds. The van der Waals surface area contributed by atoms with Gasteiger partial charge in [-0.2, -0.15) is 0 Å². The van der Waals surface area contributed by atoms with Gasteiger partial charge in [0.2, 0.25) is 0 Å². The van der Waals surface area contributed by atoms with E-state index in [2.05, 4.69) is 39.2 Å². The van der Waals surface area contributed by atoms with Gasteiger partial charge < -0.3 is 0 Å². The summed E-state index contributed by atoms with van der Waals surface area (Å²) >= 11 is 0. The fourth-order valence-corrected chi connectivity index (χ4v) is 7.11. The zero-order chi connectivity index (χ0) is 15.2. The van der Waals surface area contributed by atoms with Crippen LogP contribution in [0.1, 0.15) is 12.8 Å². The number of imidazole rings is 1. The minimum atomic E-state index is -1.95. The first-order valence-corrected chi connectivity index (χ1v) is 9.48. The molecule has 1 aromatic heterocycles. The number of hydrogen-bond acceptors (Lipinski definition) is 5. The highest BCUT2D eigenvalue weighted by Gasteiger charge is 2.63. The largest absolute Gasteiger partial charge is 0.448 e. The number of rotatable bonds is 3. The number of benzene rings is 1. The van der Waals surface area contributed by atoms with E-state index in [1.54, 1.807) is 0 Å². The Bertz CT molecular complexity index is 659. The minimum absolute atomic E-state index is 0.978. The lowest BCUT2D eigenvalue weighted by atomic mass is 10.3. The molecule has 118 valence electrons. The summed E-state index contributed by atoms with van der Waals surface area (Å²) in [6, 6.07) is 8.14. The summed E-state index contributed by atoms with van der Waals surface area (Å²) in [6.45, 7) is 4.34. The number of likely N-dealkylation sites (N-methyl/N-ethyl adjacent to an activating group) is 2. The Hall–Kier alpha value is -1.20. The number of nitrogens with zero attached hydrogens (tertiary/aromatic N) is 5. The third-order valence-corrected chi connectivity index (χ3v) is 8.42. The molecular formula is C15H23N5OP+. The van der Waals surface area contributed by atoms with Gasteiger partial charge in [0.1, 0.15) is 11.8 Å². The molecule has 0 bridgehead atoms. The lowest BCUT2D eigenvalue weighted by molar-refractivity contribution is 0.226. The molecule has 0 unspecified atom stereocenters. The summed E-state index contributed by atoms with van der Waals surface area (Å²) < 4.78 is 15.9. The van der Waals surface area contributed by atoms with Gasteiger partial charge in [0.15, 0.2) is 0 Å². The summed E-state index contributed by atoms with van der Waals surface area (Å²) in [5.41, 5.74) is 2.02. The lowest BCUT2D eigenvalue weighted by Gasteiger charge is -2.34. The van der Waals surface area contributed by atoms with Gasteiger partial charge >= 0.3 is 7.94 Å². The van der Waals surface area contributed by atoms with E-state index in [0.717, 1.165) is 37.2 Å². The molecule has 0 atom stereocenters. The molecule has 4 rings (SSSR count). The van der Waals surface area contributed by atoms with Crippen molar-refractivity contribution in [1.82, 2.24) is 23.7 Å². The van der Waals surface area contributed by atoms with Crippen LogP contribution in [0.2, 0.25) is 0 Å². The molecule has 7 heteroatoms. The van der Waals surface area contributed by atoms with Crippen LogP contribution >= 0.6 is 7.94 Å². The maximum atomic E-state index is 6.67. The molecular weight excluding hydrogens is 297 g/mol. The molecule has 3 heterocycles. The summed E-state index contributed by atoms with van der Waals surface area (Å²) in [7, 11) is 2.43. The molecule has 2 aromatic rings. The molecule has 0 aliphatic carbocycles. The molecule has 0 spiro atoms. The standard InChI is InChI=1S/C15H23N5OP/c1-17-11-12-18(2)22(17,19-9-5-6-10-19)21-20-13-16-14-7-3-4-8-15(14)20/h3-4,7-8,13H,5-6,9-12H2,1-2H3/q+1. The highest BCUT2D eigenvalue weighted by Crippen LogP contribution is 2.68. The molecule has 0 saturated carbocycles. The van der Waals surface area contributed by atoms with E-state index in [0.29, 0.717) is 0 Å². The maximum Gasteiger partial charge on any atom is 0.448 e. The van der Waals surface area contributed by atoms with Gasteiger partial charge in [0.25, 0.3) is 0 Å². The second kappa shape index (κ2) is 5.46. The fourth-order valence-electron chi connectivity index (χ4n) is 3.50. The first kappa shape index (κ1) is 14.4. The predicted octanol–water partition coefficient (Wildman–Crippen LogP) is 2.12. The lowest BCUT2D eigenvalue weighted by Crippen LogP contribution is -2.40. The Labute approximate surface area is 131 Å². The Morgan fingerprint density at radius 1 is 1.00 bits per heavy atom. The van der Waals surface area contributed by atoms with Crippen LogP contribution in [0.4, 0.5) is 0 Å². The van der Waals surface area contributed by atoms with E-state index in [9.17, 15) is 0 Å². The van der Waals surface area contributed by atoms with Crippen molar-refractivity contribution >= 4 is 19.0 Å². The molecule has 0 N–H and O–H groups in total. The zero-order valence-corrected chi connectivity index (χ0v) is 14.1. The van der Waals surface area contributed by atoms with Crippen LogP contribution in [0.15, 0.2) is 30.6 Å². The summed E-state index contributed by atoms with van der Waals surface area (Å²) in [4.78, 5) is 4.47. The van der Waals surface area contributed by atoms with E-state index in [1.165, 1.54) is 12.8 Å². The van der Waals surface area contributed by atoms with Crippen LogP contribution in [-0.2, 0) is 0 Å². The van der Waals surface area contributed by atoms with E-state index < -0.39 is 7.94 Å². The van der Waals surface area contributed by atoms with Crippen molar-refractivity contribution in [3.8, 4) is 0 Å². The van der Waals surface area contributed by atoms with Crippen LogP contribution < -0.4 is 4.62 Å². The molecule has 2 aliphatic rings. The summed E-state index contributed by atoms with van der Waals surface area (Å²) in [6.07, 6.45) is 4.33. The summed E-state index contributed by atoms with van der Waals surface area (Å²) in [5, 5.41) is 0. The van der Waals surface area contributed by atoms with Crippen LogP contribution in [0.3, 0.4) is 0 Å². The number of fused-ring (bicyclic) bond motifs is 1. The van der Waals surface area contributed by atoms with Gasteiger partial charge in [-0.25, -0.2) is 9.61 Å². The Morgan fingerprint density at radius 2 is 1.68 bits per heavy atom. The molecule has 1 aromatic carbocycles. The van der Waals surface area contributed by atoms with Crippen molar-refractivity contribution in [3.63, 3.8) is 0 Å². The second-order valence-corrected chi connectivity index (χ2v) is 9.20. The highest BCUT2D eigenvalue weighted by atomic mass is 31.2. The van der Waals surface area contributed by atoms with Gasteiger partial charge in [-0.1, -0.05) is 12.1 Å². The van der Waals surface area contributed by atoms with Crippen molar-refractivity contribution < 1.29 is 4.62 Å². The highest BCUT2D eigenvalue weighted by molar-refractivity contribution is 7.64. The summed E-state index contributed by atoms with van der Waals surface area (Å²) in [5.74, 6) is 0. The van der Waals surface area contributed by atoms with Crippen LogP contribution in [0.5, 0.6) is 0 Å². The van der Waals surface area contributed by atoms with Crippen molar-refractivity contribution in [2.24, 2.45) is 0 Å². The van der Waals surface area contributed by atoms with E-state index >= 15 is 0 Å². The Balaban J connectivity index is 1.75. The smallest absolute Gasteiger partial charge is 0.233 e. The predicted molar refractivity (Wildman–Crippen MR) is 89.3 cm³/mol. The molecule has 2 fully saturated rings. The first-order valence-electron chi connectivity index (χ1n) is 7.92. The van der Waals surface area contributed by atoms with Gasteiger partial charge in [-0.15, -0.1) is 18.7 Å². The van der Waals surface area contributed by atoms with Gasteiger partial charge in [-0.3, -0.25) is 0 Å². The third-order valence-electron chi connectivity index (χ3n) is 4.71. The Morgan fingerprint density at radius 3 is 2.41 bits per heavy atom. The van der Waals surface area contributed by atoms with Crippen molar-refractivity contribution in [3.05, 3.63) is 30.6 Å². The number of hydrogen-bond donors (Lipinski definition) is 0. The van der Waals surface area contributed by atoms with Crippen LogP contribution in [0, 0.1) is 0 Å². The third kappa shape index (κ3) is 2.06. The van der Waals surface area contributed by atoms with Crippen molar-refractivity contribution in [1.29, 1.82) is 0 Å². The van der Waals surface area contributed by atoms with Crippen molar-refractivity contribution in [2.45, 2.75) is 12.8 Å². The minimum Gasteiger partial charge on any atom is -0.233 e. The molecule has 0 radical (unpaired) electrons. The molecule has 22 heavy (non-hydrogen) atoms. The zero-order valence-electron chi connectivity index (χ0n) is 13.2. The SMILES string of the molecule is CN1CCN(C)[P+]1(On1cnc2ccccc21)N1CCCC1. The van der Waals surface area contributed by atoms with Crippen LogP contribution in [-0.4, -0.2) is 64.0 Å². The molecule has 2 aliphatic heterocycles.